The average Bonchev–Trinajstić information content (AvgIpc) is 2.86. The number of aromatic nitrogens is 2. The Labute approximate surface area is 200 Å². The molecule has 1 saturated heterocycles. The highest BCUT2D eigenvalue weighted by Gasteiger charge is 2.15. The Morgan fingerprint density at radius 2 is 1.74 bits per heavy atom. The highest BCUT2D eigenvalue weighted by atomic mass is 32.2. The van der Waals surface area contributed by atoms with E-state index in [1.54, 1.807) is 54.7 Å². The van der Waals surface area contributed by atoms with Crippen LogP contribution in [0.15, 0.2) is 65.7 Å². The number of nitrogens with one attached hydrogen (secondary N) is 2. The van der Waals surface area contributed by atoms with E-state index in [-0.39, 0.29) is 4.90 Å². The van der Waals surface area contributed by atoms with Gasteiger partial charge in [-0.3, -0.25) is 4.72 Å². The molecule has 0 atom stereocenters. The molecule has 2 N–H and O–H groups in total. The summed E-state index contributed by atoms with van der Waals surface area (Å²) in [7, 11) is -3.71. The molecule has 0 bridgehead atoms. The zero-order chi connectivity index (χ0) is 23.8. The number of nitrogens with zero attached hydrogens (tertiary/aromatic N) is 3. The number of benzene rings is 2. The summed E-state index contributed by atoms with van der Waals surface area (Å²) in [6, 6.07) is 15.3. The molecule has 180 valence electrons. The quantitative estimate of drug-likeness (QED) is 0.416. The second-order valence-electron chi connectivity index (χ2n) is 7.88. The van der Waals surface area contributed by atoms with Crippen molar-refractivity contribution in [3.8, 4) is 5.75 Å². The minimum atomic E-state index is -3.71. The van der Waals surface area contributed by atoms with Gasteiger partial charge in [-0.05, 0) is 55.0 Å². The summed E-state index contributed by atoms with van der Waals surface area (Å²) in [5.74, 6) is 1.27. The summed E-state index contributed by atoms with van der Waals surface area (Å²) in [5, 5.41) is 11.4. The van der Waals surface area contributed by atoms with Crippen LogP contribution in [0, 0.1) is 0 Å². The van der Waals surface area contributed by atoms with Gasteiger partial charge >= 0.3 is 0 Å². The normalized spacial score (nSPS) is 14.0. The van der Waals surface area contributed by atoms with Crippen molar-refractivity contribution in [3.63, 3.8) is 0 Å². The second kappa shape index (κ2) is 11.2. The smallest absolute Gasteiger partial charge is 0.261 e. The Morgan fingerprint density at radius 1 is 1.03 bits per heavy atom. The van der Waals surface area contributed by atoms with Crippen molar-refractivity contribution >= 4 is 32.9 Å². The maximum absolute atomic E-state index is 12.7. The highest BCUT2D eigenvalue weighted by molar-refractivity contribution is 7.92. The van der Waals surface area contributed by atoms with Gasteiger partial charge in [-0.2, -0.15) is 5.10 Å². The summed E-state index contributed by atoms with van der Waals surface area (Å²) < 4.78 is 39.1. The van der Waals surface area contributed by atoms with E-state index < -0.39 is 10.0 Å². The molecular weight excluding hydrogens is 454 g/mol. The van der Waals surface area contributed by atoms with Crippen LogP contribution in [0.2, 0.25) is 0 Å². The summed E-state index contributed by atoms with van der Waals surface area (Å²) in [6.45, 7) is 5.72. The molecule has 4 rings (SSSR count). The maximum atomic E-state index is 12.7. The van der Waals surface area contributed by atoms with Crippen LogP contribution in [0.3, 0.4) is 0 Å². The van der Waals surface area contributed by atoms with Crippen molar-refractivity contribution < 1.29 is 17.9 Å². The number of sulfonamides is 1. The topological polar surface area (TPSA) is 106 Å². The van der Waals surface area contributed by atoms with Gasteiger partial charge in [0.2, 0.25) is 0 Å². The first-order valence-corrected chi connectivity index (χ1v) is 12.8. The molecule has 1 aromatic heterocycles. The minimum absolute atomic E-state index is 0.174. The van der Waals surface area contributed by atoms with Gasteiger partial charge in [-0.25, -0.2) is 8.42 Å². The van der Waals surface area contributed by atoms with Crippen molar-refractivity contribution in [1.82, 2.24) is 10.2 Å². The predicted octanol–water partition coefficient (Wildman–Crippen LogP) is 4.04. The standard InChI is InChI=1S/C24H29N5O4S/c1-2-3-14-33-22-8-10-23(11-9-22)34(30,31)28-20-6-4-19(5-7-20)26-24-17-21(18-25-27-24)29-12-15-32-16-13-29/h4-11,17-18,28H,2-3,12-16H2,1H3,(H,26,27). The number of morpholine rings is 1. The molecule has 10 heteroatoms. The Hall–Kier alpha value is -3.37. The van der Waals surface area contributed by atoms with E-state index in [2.05, 4.69) is 32.1 Å². The number of rotatable bonds is 10. The third-order valence-corrected chi connectivity index (χ3v) is 6.72. The van der Waals surface area contributed by atoms with E-state index in [4.69, 9.17) is 9.47 Å². The van der Waals surface area contributed by atoms with Gasteiger partial charge in [0.25, 0.3) is 10.0 Å². The van der Waals surface area contributed by atoms with Gasteiger partial charge in [0, 0.05) is 30.5 Å². The number of anilines is 4. The number of unbranched alkanes of at least 4 members (excludes halogenated alkanes) is 1. The second-order valence-corrected chi connectivity index (χ2v) is 9.56. The Kier molecular flexibility index (Phi) is 7.81. The van der Waals surface area contributed by atoms with E-state index in [1.807, 2.05) is 6.07 Å². The van der Waals surface area contributed by atoms with Gasteiger partial charge in [0.05, 0.1) is 36.6 Å². The molecule has 0 aliphatic carbocycles. The third kappa shape index (κ3) is 6.36. The van der Waals surface area contributed by atoms with Crippen LogP contribution in [0.1, 0.15) is 19.8 Å². The summed E-state index contributed by atoms with van der Waals surface area (Å²) in [5.41, 5.74) is 2.21. The molecule has 34 heavy (non-hydrogen) atoms. The van der Waals surface area contributed by atoms with E-state index >= 15 is 0 Å². The summed E-state index contributed by atoms with van der Waals surface area (Å²) >= 11 is 0. The SMILES string of the molecule is CCCCOc1ccc(S(=O)(=O)Nc2ccc(Nc3cc(N4CCOCC4)cnn3)cc2)cc1. The third-order valence-electron chi connectivity index (χ3n) is 5.33. The van der Waals surface area contributed by atoms with Crippen LogP contribution in [0.4, 0.5) is 22.9 Å². The average molecular weight is 484 g/mol. The lowest BCUT2D eigenvalue weighted by atomic mass is 10.3. The number of ether oxygens (including phenoxy) is 2. The van der Waals surface area contributed by atoms with Crippen molar-refractivity contribution in [1.29, 1.82) is 0 Å². The Bertz CT molecular complexity index is 1160. The monoisotopic (exact) mass is 483 g/mol. The fourth-order valence-corrected chi connectivity index (χ4v) is 4.50. The van der Waals surface area contributed by atoms with Crippen molar-refractivity contribution in [3.05, 3.63) is 60.8 Å². The lowest BCUT2D eigenvalue weighted by Crippen LogP contribution is -2.36. The first-order chi connectivity index (χ1) is 16.5. The first-order valence-electron chi connectivity index (χ1n) is 11.3. The fraction of sp³-hybridized carbons (Fsp3) is 0.333. The molecule has 1 fully saturated rings. The minimum Gasteiger partial charge on any atom is -0.494 e. The van der Waals surface area contributed by atoms with Crippen LogP contribution >= 0.6 is 0 Å². The molecule has 0 saturated carbocycles. The van der Waals surface area contributed by atoms with Crippen LogP contribution in [0.5, 0.6) is 5.75 Å². The van der Waals surface area contributed by atoms with E-state index in [0.717, 1.165) is 37.3 Å². The molecule has 1 aliphatic heterocycles. The number of hydrogen-bond donors (Lipinski definition) is 2. The molecule has 0 unspecified atom stereocenters. The van der Waals surface area contributed by atoms with Gasteiger partial charge in [0.1, 0.15) is 5.75 Å². The predicted molar refractivity (Wildman–Crippen MR) is 132 cm³/mol. The molecule has 1 aliphatic rings. The molecule has 3 aromatic rings. The summed E-state index contributed by atoms with van der Waals surface area (Å²) in [6.07, 6.45) is 3.73. The molecule has 0 spiro atoms. The summed E-state index contributed by atoms with van der Waals surface area (Å²) in [4.78, 5) is 2.37. The zero-order valence-corrected chi connectivity index (χ0v) is 19.9. The molecular formula is C24H29N5O4S. The molecule has 2 aromatic carbocycles. The lowest BCUT2D eigenvalue weighted by Gasteiger charge is -2.28. The molecule has 2 heterocycles. The van der Waals surface area contributed by atoms with Crippen LogP contribution in [0.25, 0.3) is 0 Å². The van der Waals surface area contributed by atoms with Crippen LogP contribution in [-0.2, 0) is 14.8 Å². The van der Waals surface area contributed by atoms with Gasteiger partial charge < -0.3 is 19.7 Å². The zero-order valence-electron chi connectivity index (χ0n) is 19.1. The van der Waals surface area contributed by atoms with Crippen molar-refractivity contribution in [2.45, 2.75) is 24.7 Å². The van der Waals surface area contributed by atoms with Crippen molar-refractivity contribution in [2.24, 2.45) is 0 Å². The Morgan fingerprint density at radius 3 is 2.44 bits per heavy atom. The number of hydrogen-bond acceptors (Lipinski definition) is 8. The van der Waals surface area contributed by atoms with E-state index in [1.165, 1.54) is 0 Å². The van der Waals surface area contributed by atoms with E-state index in [0.29, 0.717) is 37.1 Å². The molecule has 0 radical (unpaired) electrons. The largest absolute Gasteiger partial charge is 0.494 e. The van der Waals surface area contributed by atoms with Gasteiger partial charge in [0.15, 0.2) is 5.82 Å². The highest BCUT2D eigenvalue weighted by Crippen LogP contribution is 2.23. The molecule has 0 amide bonds. The maximum Gasteiger partial charge on any atom is 0.261 e. The van der Waals surface area contributed by atoms with E-state index in [9.17, 15) is 8.42 Å². The van der Waals surface area contributed by atoms with Gasteiger partial charge in [-0.15, -0.1) is 5.10 Å². The van der Waals surface area contributed by atoms with Gasteiger partial charge in [-0.1, -0.05) is 13.3 Å². The molecule has 9 nitrogen and oxygen atoms in total. The fourth-order valence-electron chi connectivity index (χ4n) is 3.44. The van der Waals surface area contributed by atoms with Crippen LogP contribution in [-0.4, -0.2) is 51.5 Å². The Balaban J connectivity index is 1.37. The van der Waals surface area contributed by atoms with Crippen molar-refractivity contribution in [2.75, 3.05) is 47.8 Å². The lowest BCUT2D eigenvalue weighted by molar-refractivity contribution is 0.122. The first kappa shape index (κ1) is 23.8. The van der Waals surface area contributed by atoms with Crippen LogP contribution < -0.4 is 19.7 Å².